The molecule has 0 aliphatic rings. The molecule has 0 spiro atoms. The normalized spacial score (nSPS) is 12.4. The Balaban J connectivity index is 2.55. The molecule has 0 saturated heterocycles. The second-order valence-corrected chi connectivity index (χ2v) is 4.83. The lowest BCUT2D eigenvalue weighted by Crippen LogP contribution is -2.30. The molecule has 0 aromatic heterocycles. The van der Waals surface area contributed by atoms with Gasteiger partial charge in [-0.3, -0.25) is 10.1 Å². The van der Waals surface area contributed by atoms with E-state index in [1.54, 1.807) is 6.07 Å². The average Bonchev–Trinajstić information content (AvgIpc) is 2.34. The third-order valence-electron chi connectivity index (χ3n) is 2.46. The number of hydrogen-bond donors (Lipinski definition) is 1. The van der Waals surface area contributed by atoms with Crippen LogP contribution in [0.25, 0.3) is 0 Å². The summed E-state index contributed by atoms with van der Waals surface area (Å²) in [6, 6.07) is 5.02. The summed E-state index contributed by atoms with van der Waals surface area (Å²) in [6.07, 6.45) is 0. The van der Waals surface area contributed by atoms with Gasteiger partial charge in [0.25, 0.3) is 5.69 Å². The first-order valence-electron chi connectivity index (χ1n) is 5.78. The van der Waals surface area contributed by atoms with E-state index in [9.17, 15) is 10.1 Å². The lowest BCUT2D eigenvalue weighted by molar-refractivity contribution is -0.384. The topological polar surface area (TPSA) is 64.4 Å². The average molecular weight is 317 g/mol. The first kappa shape index (κ1) is 15.1. The van der Waals surface area contributed by atoms with E-state index < -0.39 is 4.92 Å². The van der Waals surface area contributed by atoms with E-state index in [-0.39, 0.29) is 11.7 Å². The van der Waals surface area contributed by atoms with Gasteiger partial charge in [-0.1, -0.05) is 15.9 Å². The lowest BCUT2D eigenvalue weighted by atomic mass is 10.2. The van der Waals surface area contributed by atoms with E-state index in [4.69, 9.17) is 4.74 Å². The minimum Gasteiger partial charge on any atom is -0.380 e. The lowest BCUT2D eigenvalue weighted by Gasteiger charge is -2.14. The zero-order valence-electron chi connectivity index (χ0n) is 10.5. The second kappa shape index (κ2) is 7.45. The molecular weight excluding hydrogens is 300 g/mol. The van der Waals surface area contributed by atoms with Crippen molar-refractivity contribution in [1.82, 2.24) is 5.32 Å². The van der Waals surface area contributed by atoms with E-state index >= 15 is 0 Å². The van der Waals surface area contributed by atoms with Crippen LogP contribution in [0, 0.1) is 10.1 Å². The largest absolute Gasteiger partial charge is 0.380 e. The van der Waals surface area contributed by atoms with Gasteiger partial charge in [-0.15, -0.1) is 0 Å². The van der Waals surface area contributed by atoms with Gasteiger partial charge in [0, 0.05) is 35.8 Å². The summed E-state index contributed by atoms with van der Waals surface area (Å²) in [5.41, 5.74) is 1.08. The van der Waals surface area contributed by atoms with Gasteiger partial charge in [-0.25, -0.2) is 0 Å². The molecule has 1 N–H and O–H groups in total. The predicted octanol–water partition coefficient (Wildman–Crippen LogP) is 2.87. The van der Waals surface area contributed by atoms with Crippen LogP contribution in [0.5, 0.6) is 0 Å². The van der Waals surface area contributed by atoms with Crippen LogP contribution in [0.2, 0.25) is 0 Å². The first-order valence-corrected chi connectivity index (χ1v) is 6.57. The zero-order valence-corrected chi connectivity index (χ0v) is 12.1. The van der Waals surface area contributed by atoms with Gasteiger partial charge < -0.3 is 10.1 Å². The fourth-order valence-corrected chi connectivity index (χ4v) is 1.94. The Labute approximate surface area is 115 Å². The minimum absolute atomic E-state index is 0.0907. The van der Waals surface area contributed by atoms with Crippen molar-refractivity contribution in [1.29, 1.82) is 0 Å². The van der Waals surface area contributed by atoms with Gasteiger partial charge in [0.05, 0.1) is 11.5 Å². The minimum atomic E-state index is -0.403. The van der Waals surface area contributed by atoms with Crippen molar-refractivity contribution >= 4 is 21.6 Å². The van der Waals surface area contributed by atoms with Crippen LogP contribution in [0.4, 0.5) is 5.69 Å². The predicted molar refractivity (Wildman–Crippen MR) is 73.6 cm³/mol. The Morgan fingerprint density at radius 2 is 2.28 bits per heavy atom. The van der Waals surface area contributed by atoms with Crippen molar-refractivity contribution < 1.29 is 9.66 Å². The Bertz CT molecular complexity index is 412. The van der Waals surface area contributed by atoms with Crippen molar-refractivity contribution in [2.75, 3.05) is 13.2 Å². The molecule has 0 aliphatic heterocycles. The molecule has 100 valence electrons. The Hall–Kier alpha value is -0.980. The smallest absolute Gasteiger partial charge is 0.270 e. The summed E-state index contributed by atoms with van der Waals surface area (Å²) in [6.45, 7) is 6.00. The molecule has 0 saturated carbocycles. The number of nitrogens with one attached hydrogen (secondary N) is 1. The molecule has 1 atom stereocenters. The Kier molecular flexibility index (Phi) is 6.24. The SMILES string of the molecule is CCOCC(C)NCc1ccc([N+](=O)[O-])cc1Br. The number of non-ortho nitro benzene ring substituents is 1. The standard InChI is InChI=1S/C12H17BrN2O3/c1-3-18-8-9(2)14-7-10-4-5-11(15(16)17)6-12(10)13/h4-6,9,14H,3,7-8H2,1-2H3. The fraction of sp³-hybridized carbons (Fsp3) is 0.500. The van der Waals surface area contributed by atoms with Crippen LogP contribution in [0.3, 0.4) is 0 Å². The van der Waals surface area contributed by atoms with Crippen LogP contribution in [-0.4, -0.2) is 24.2 Å². The molecule has 0 fully saturated rings. The third kappa shape index (κ3) is 4.72. The maximum absolute atomic E-state index is 10.6. The van der Waals surface area contributed by atoms with Gasteiger partial charge in [0.15, 0.2) is 0 Å². The van der Waals surface area contributed by atoms with E-state index in [1.807, 2.05) is 13.8 Å². The quantitative estimate of drug-likeness (QED) is 0.620. The van der Waals surface area contributed by atoms with Crippen molar-refractivity contribution in [3.05, 3.63) is 38.3 Å². The highest BCUT2D eigenvalue weighted by Gasteiger charge is 2.09. The summed E-state index contributed by atoms with van der Waals surface area (Å²) in [5, 5.41) is 13.9. The number of hydrogen-bond acceptors (Lipinski definition) is 4. The molecule has 5 nitrogen and oxygen atoms in total. The van der Waals surface area contributed by atoms with Crippen molar-refractivity contribution in [2.24, 2.45) is 0 Å². The number of nitro groups is 1. The molecule has 0 heterocycles. The summed E-state index contributed by atoms with van der Waals surface area (Å²) in [5.74, 6) is 0. The molecule has 0 radical (unpaired) electrons. The molecule has 6 heteroatoms. The molecule has 0 aliphatic carbocycles. The molecule has 1 aromatic rings. The van der Waals surface area contributed by atoms with Gasteiger partial charge in [-0.2, -0.15) is 0 Å². The summed E-state index contributed by atoms with van der Waals surface area (Å²) >= 11 is 3.34. The van der Waals surface area contributed by atoms with Crippen LogP contribution in [-0.2, 0) is 11.3 Å². The number of nitrogens with zero attached hydrogens (tertiary/aromatic N) is 1. The van der Waals surface area contributed by atoms with Gasteiger partial charge >= 0.3 is 0 Å². The molecule has 18 heavy (non-hydrogen) atoms. The summed E-state index contributed by atoms with van der Waals surface area (Å²) < 4.78 is 6.04. The van der Waals surface area contributed by atoms with Crippen LogP contribution in [0.1, 0.15) is 19.4 Å². The maximum Gasteiger partial charge on any atom is 0.270 e. The zero-order chi connectivity index (χ0) is 13.5. The fourth-order valence-electron chi connectivity index (χ4n) is 1.43. The van der Waals surface area contributed by atoms with Gasteiger partial charge in [-0.05, 0) is 25.5 Å². The third-order valence-corrected chi connectivity index (χ3v) is 3.20. The molecule has 0 amide bonds. The highest BCUT2D eigenvalue weighted by Crippen LogP contribution is 2.22. The second-order valence-electron chi connectivity index (χ2n) is 3.97. The number of nitro benzene ring substituents is 1. The van der Waals surface area contributed by atoms with E-state index in [0.29, 0.717) is 19.8 Å². The van der Waals surface area contributed by atoms with Gasteiger partial charge in [0.1, 0.15) is 0 Å². The van der Waals surface area contributed by atoms with Gasteiger partial charge in [0.2, 0.25) is 0 Å². The number of halogens is 1. The van der Waals surface area contributed by atoms with Crippen LogP contribution < -0.4 is 5.32 Å². The van der Waals surface area contributed by atoms with E-state index in [0.717, 1.165) is 10.0 Å². The summed E-state index contributed by atoms with van der Waals surface area (Å²) in [7, 11) is 0. The van der Waals surface area contributed by atoms with Crippen LogP contribution in [0.15, 0.2) is 22.7 Å². The monoisotopic (exact) mass is 316 g/mol. The molecule has 1 rings (SSSR count). The Morgan fingerprint density at radius 3 is 2.83 bits per heavy atom. The Morgan fingerprint density at radius 1 is 1.56 bits per heavy atom. The van der Waals surface area contributed by atoms with Crippen molar-refractivity contribution in [3.8, 4) is 0 Å². The van der Waals surface area contributed by atoms with E-state index in [1.165, 1.54) is 12.1 Å². The van der Waals surface area contributed by atoms with Crippen molar-refractivity contribution in [2.45, 2.75) is 26.4 Å². The number of ether oxygens (including phenoxy) is 1. The summed E-state index contributed by atoms with van der Waals surface area (Å²) in [4.78, 5) is 10.2. The van der Waals surface area contributed by atoms with Crippen molar-refractivity contribution in [3.63, 3.8) is 0 Å². The maximum atomic E-state index is 10.6. The highest BCUT2D eigenvalue weighted by molar-refractivity contribution is 9.10. The molecule has 1 aromatic carbocycles. The molecular formula is C12H17BrN2O3. The molecule has 0 bridgehead atoms. The first-order chi connectivity index (χ1) is 8.54. The molecule has 1 unspecified atom stereocenters. The van der Waals surface area contributed by atoms with E-state index in [2.05, 4.69) is 21.2 Å². The number of rotatable bonds is 7. The van der Waals surface area contributed by atoms with Crippen LogP contribution >= 0.6 is 15.9 Å². The number of benzene rings is 1. The highest BCUT2D eigenvalue weighted by atomic mass is 79.9.